The first-order valence-corrected chi connectivity index (χ1v) is 13.3. The maximum absolute atomic E-state index is 13.3. The molecule has 3 aromatic carbocycles. The molecular formula is C26H26N2O3S2. The van der Waals surface area contributed by atoms with Crippen LogP contribution in [0.15, 0.2) is 77.7 Å². The first-order valence-electron chi connectivity index (χ1n) is 10.8. The van der Waals surface area contributed by atoms with Crippen molar-refractivity contribution >= 4 is 42.4 Å². The molecule has 0 aliphatic carbocycles. The Morgan fingerprint density at radius 3 is 2.30 bits per heavy atom. The minimum atomic E-state index is -3.42. The van der Waals surface area contributed by atoms with Crippen molar-refractivity contribution in [3.63, 3.8) is 0 Å². The Labute approximate surface area is 198 Å². The molecule has 170 valence electrons. The van der Waals surface area contributed by atoms with Crippen LogP contribution < -0.4 is 4.90 Å². The van der Waals surface area contributed by atoms with Crippen molar-refractivity contribution in [2.24, 2.45) is 0 Å². The number of thiazole rings is 1. The molecule has 0 spiro atoms. The zero-order chi connectivity index (χ0) is 23.4. The highest BCUT2D eigenvalue weighted by molar-refractivity contribution is 7.91. The molecule has 4 aromatic rings. The number of hydrogen-bond donors (Lipinski definition) is 0. The second-order valence-electron chi connectivity index (χ2n) is 8.05. The summed E-state index contributed by atoms with van der Waals surface area (Å²) < 4.78 is 26.2. The summed E-state index contributed by atoms with van der Waals surface area (Å²) in [5.74, 6) is -0.198. The van der Waals surface area contributed by atoms with Crippen molar-refractivity contribution in [2.45, 2.75) is 38.1 Å². The monoisotopic (exact) mass is 478 g/mol. The van der Waals surface area contributed by atoms with Gasteiger partial charge >= 0.3 is 0 Å². The third-order valence-corrected chi connectivity index (χ3v) is 8.56. The van der Waals surface area contributed by atoms with Crippen LogP contribution in [0.25, 0.3) is 10.2 Å². The number of carbonyl (C=O) groups excluding carboxylic acids is 1. The molecule has 5 nitrogen and oxygen atoms in total. The topological polar surface area (TPSA) is 67.3 Å². The molecule has 0 unspecified atom stereocenters. The molecule has 4 rings (SSSR count). The van der Waals surface area contributed by atoms with Crippen LogP contribution in [0.4, 0.5) is 5.13 Å². The second kappa shape index (κ2) is 9.85. The third kappa shape index (κ3) is 5.31. The van der Waals surface area contributed by atoms with Crippen LogP contribution >= 0.6 is 11.3 Å². The fourth-order valence-electron chi connectivity index (χ4n) is 3.65. The number of aryl methyl sites for hydroxylation is 2. The van der Waals surface area contributed by atoms with Crippen LogP contribution in [0.5, 0.6) is 0 Å². The minimum Gasteiger partial charge on any atom is -0.284 e. The highest BCUT2D eigenvalue weighted by Gasteiger charge is 2.22. The largest absolute Gasteiger partial charge is 0.284 e. The third-order valence-electron chi connectivity index (χ3n) is 5.70. The van der Waals surface area contributed by atoms with Gasteiger partial charge < -0.3 is 0 Å². The predicted octanol–water partition coefficient (Wildman–Crippen LogP) is 5.70. The number of aromatic nitrogens is 1. The molecule has 1 aromatic heterocycles. The Morgan fingerprint density at radius 2 is 1.61 bits per heavy atom. The lowest BCUT2D eigenvalue weighted by Gasteiger charge is -2.20. The van der Waals surface area contributed by atoms with E-state index in [-0.39, 0.29) is 29.4 Å². The van der Waals surface area contributed by atoms with Gasteiger partial charge in [0.1, 0.15) is 0 Å². The standard InChI is InChI=1S/C26H26N2O3S2/c1-19-15-16-23-25(20(19)2)27-26(32-23)28(18-21-10-5-3-6-11-21)24(29)14-9-17-33(30,31)22-12-7-4-8-13-22/h3-8,10-13,15-16H,9,14,17-18H2,1-2H3. The van der Waals surface area contributed by atoms with Crippen LogP contribution in [0.2, 0.25) is 0 Å². The molecule has 1 amide bonds. The SMILES string of the molecule is Cc1ccc2sc(N(Cc3ccccc3)C(=O)CCCS(=O)(=O)c3ccccc3)nc2c1C. The lowest BCUT2D eigenvalue weighted by Crippen LogP contribution is -2.30. The lowest BCUT2D eigenvalue weighted by atomic mass is 10.1. The van der Waals surface area contributed by atoms with Crippen molar-refractivity contribution < 1.29 is 13.2 Å². The molecule has 0 fully saturated rings. The summed E-state index contributed by atoms with van der Waals surface area (Å²) >= 11 is 1.49. The summed E-state index contributed by atoms with van der Waals surface area (Å²) in [4.78, 5) is 20.1. The fraction of sp³-hybridized carbons (Fsp3) is 0.231. The van der Waals surface area contributed by atoms with Crippen LogP contribution in [0.3, 0.4) is 0 Å². The highest BCUT2D eigenvalue weighted by atomic mass is 32.2. The van der Waals surface area contributed by atoms with E-state index in [0.717, 1.165) is 26.9 Å². The Bertz CT molecular complexity index is 1360. The molecular weight excluding hydrogens is 452 g/mol. The van der Waals surface area contributed by atoms with Crippen LogP contribution in [0, 0.1) is 13.8 Å². The molecule has 0 bridgehead atoms. The van der Waals surface area contributed by atoms with Gasteiger partial charge in [0, 0.05) is 6.42 Å². The van der Waals surface area contributed by atoms with Gasteiger partial charge in [-0.15, -0.1) is 0 Å². The first kappa shape index (κ1) is 23.1. The zero-order valence-corrected chi connectivity index (χ0v) is 20.3. The van der Waals surface area contributed by atoms with Gasteiger partial charge in [0.2, 0.25) is 5.91 Å². The average Bonchev–Trinajstić information content (AvgIpc) is 3.26. The molecule has 1 heterocycles. The molecule has 0 aliphatic rings. The number of hydrogen-bond acceptors (Lipinski definition) is 5. The lowest BCUT2D eigenvalue weighted by molar-refractivity contribution is -0.118. The zero-order valence-electron chi connectivity index (χ0n) is 18.7. The highest BCUT2D eigenvalue weighted by Crippen LogP contribution is 2.33. The predicted molar refractivity (Wildman–Crippen MR) is 134 cm³/mol. The van der Waals surface area contributed by atoms with E-state index in [1.165, 1.54) is 11.3 Å². The second-order valence-corrected chi connectivity index (χ2v) is 11.2. The van der Waals surface area contributed by atoms with Gasteiger partial charge in [-0.25, -0.2) is 13.4 Å². The van der Waals surface area contributed by atoms with E-state index in [4.69, 9.17) is 4.98 Å². The number of rotatable bonds is 8. The molecule has 0 N–H and O–H groups in total. The van der Waals surface area contributed by atoms with Gasteiger partial charge in [0.25, 0.3) is 0 Å². The molecule has 0 radical (unpaired) electrons. The van der Waals surface area contributed by atoms with Gasteiger partial charge in [-0.05, 0) is 55.2 Å². The number of amides is 1. The van der Waals surface area contributed by atoms with E-state index in [1.54, 1.807) is 35.2 Å². The van der Waals surface area contributed by atoms with Crippen molar-refractivity contribution in [1.82, 2.24) is 4.98 Å². The van der Waals surface area contributed by atoms with Gasteiger partial charge in [-0.2, -0.15) is 0 Å². The Morgan fingerprint density at radius 1 is 0.939 bits per heavy atom. The van der Waals surface area contributed by atoms with Crippen LogP contribution in [0.1, 0.15) is 29.5 Å². The van der Waals surface area contributed by atoms with Crippen molar-refractivity contribution in [3.8, 4) is 0 Å². The molecule has 0 atom stereocenters. The number of carbonyl (C=O) groups is 1. The van der Waals surface area contributed by atoms with E-state index in [2.05, 4.69) is 6.07 Å². The normalized spacial score (nSPS) is 11.6. The fourth-order valence-corrected chi connectivity index (χ4v) is 6.03. The summed E-state index contributed by atoms with van der Waals surface area (Å²) in [5, 5.41) is 0.637. The van der Waals surface area contributed by atoms with Crippen molar-refractivity contribution in [2.75, 3.05) is 10.7 Å². The van der Waals surface area contributed by atoms with E-state index in [9.17, 15) is 13.2 Å². The average molecular weight is 479 g/mol. The Hall–Kier alpha value is -3.03. The molecule has 0 aliphatic heterocycles. The van der Waals surface area contributed by atoms with Gasteiger partial charge in [-0.1, -0.05) is 65.9 Å². The van der Waals surface area contributed by atoms with Crippen LogP contribution in [-0.2, 0) is 21.2 Å². The van der Waals surface area contributed by atoms with Gasteiger partial charge in [0.05, 0.1) is 27.4 Å². The molecule has 33 heavy (non-hydrogen) atoms. The molecule has 7 heteroatoms. The van der Waals surface area contributed by atoms with Gasteiger partial charge in [0.15, 0.2) is 15.0 Å². The van der Waals surface area contributed by atoms with E-state index >= 15 is 0 Å². The Kier molecular flexibility index (Phi) is 6.91. The maximum atomic E-state index is 13.3. The number of fused-ring (bicyclic) bond motifs is 1. The summed E-state index contributed by atoms with van der Waals surface area (Å²) in [6, 6.07) is 22.2. The minimum absolute atomic E-state index is 0.0694. The van der Waals surface area contributed by atoms with E-state index in [0.29, 0.717) is 11.7 Å². The maximum Gasteiger partial charge on any atom is 0.229 e. The summed E-state index contributed by atoms with van der Waals surface area (Å²) in [6.07, 6.45) is 0.386. The first-order chi connectivity index (χ1) is 15.8. The number of benzene rings is 3. The quantitative estimate of drug-likeness (QED) is 0.326. The van der Waals surface area contributed by atoms with Crippen molar-refractivity contribution in [3.05, 3.63) is 89.5 Å². The number of anilines is 1. The molecule has 0 saturated heterocycles. The molecule has 0 saturated carbocycles. The number of sulfone groups is 1. The van der Waals surface area contributed by atoms with Crippen LogP contribution in [-0.4, -0.2) is 25.1 Å². The van der Waals surface area contributed by atoms with E-state index in [1.807, 2.05) is 50.2 Å². The Balaban J connectivity index is 1.56. The summed E-state index contributed by atoms with van der Waals surface area (Å²) in [6.45, 7) is 4.48. The van der Waals surface area contributed by atoms with E-state index < -0.39 is 9.84 Å². The number of nitrogens with zero attached hydrogens (tertiary/aromatic N) is 2. The summed E-state index contributed by atoms with van der Waals surface area (Å²) in [5.41, 5.74) is 4.17. The van der Waals surface area contributed by atoms with Gasteiger partial charge in [-0.3, -0.25) is 9.69 Å². The smallest absolute Gasteiger partial charge is 0.229 e. The summed E-state index contributed by atoms with van der Waals surface area (Å²) in [7, 11) is -3.42. The van der Waals surface area contributed by atoms with Crippen molar-refractivity contribution in [1.29, 1.82) is 0 Å².